The Labute approximate surface area is 88.7 Å². The van der Waals surface area contributed by atoms with Crippen molar-refractivity contribution in [2.75, 3.05) is 5.12 Å². The fourth-order valence-corrected chi connectivity index (χ4v) is 1.38. The van der Waals surface area contributed by atoms with Gasteiger partial charge in [0.25, 0.3) is 0 Å². The van der Waals surface area contributed by atoms with Gasteiger partial charge in [-0.1, -0.05) is 40.4 Å². The molecule has 0 atom stereocenters. The molecule has 2 aromatic carbocycles. The number of halogens is 1. The van der Waals surface area contributed by atoms with Crippen LogP contribution in [0.15, 0.2) is 54.6 Å². The van der Waals surface area contributed by atoms with Gasteiger partial charge in [-0.05, 0) is 31.2 Å². The molecule has 0 saturated carbocycles. The minimum Gasteiger partial charge on any atom is -0.180 e. The summed E-state index contributed by atoms with van der Waals surface area (Å²) in [4.78, 5) is 0. The third kappa shape index (κ3) is 2.15. The molecule has 1 nitrogen and oxygen atoms in total. The highest BCUT2D eigenvalue weighted by Gasteiger charge is 2.06. The van der Waals surface area contributed by atoms with Gasteiger partial charge >= 0.3 is 0 Å². The molecule has 15 heavy (non-hydrogen) atoms. The summed E-state index contributed by atoms with van der Waals surface area (Å²) >= 11 is 0. The van der Waals surface area contributed by atoms with E-state index >= 15 is 0 Å². The van der Waals surface area contributed by atoms with Gasteiger partial charge in [0.1, 0.15) is 0 Å². The Morgan fingerprint density at radius 3 is 1.93 bits per heavy atom. The van der Waals surface area contributed by atoms with Gasteiger partial charge < -0.3 is 0 Å². The molecular formula is C13H12FN. The molecule has 0 radical (unpaired) electrons. The zero-order valence-electron chi connectivity index (χ0n) is 8.52. The predicted molar refractivity (Wildman–Crippen MR) is 60.9 cm³/mol. The summed E-state index contributed by atoms with van der Waals surface area (Å²) in [5.74, 6) is 0. The lowest BCUT2D eigenvalue weighted by atomic mass is 10.2. The number of aryl methyl sites for hydroxylation is 1. The molecule has 0 saturated heterocycles. The molecule has 0 N–H and O–H groups in total. The van der Waals surface area contributed by atoms with Gasteiger partial charge in [0.15, 0.2) is 0 Å². The first-order valence-electron chi connectivity index (χ1n) is 4.85. The third-order valence-corrected chi connectivity index (χ3v) is 2.24. The molecule has 0 aliphatic rings. The van der Waals surface area contributed by atoms with Gasteiger partial charge in [-0.25, -0.2) is 0 Å². The van der Waals surface area contributed by atoms with Crippen molar-refractivity contribution >= 4 is 11.4 Å². The smallest absolute Gasteiger partial charge is 0.0747 e. The standard InChI is InChI=1S/C13H12FN/c1-11-7-9-13(10-8-11)15(14)12-5-3-2-4-6-12/h2-10H,1H3. The average Bonchev–Trinajstić information content (AvgIpc) is 2.30. The number of hydrogen-bond acceptors (Lipinski definition) is 1. The molecule has 0 aliphatic carbocycles. The lowest BCUT2D eigenvalue weighted by Crippen LogP contribution is -2.02. The first-order valence-corrected chi connectivity index (χ1v) is 4.85. The summed E-state index contributed by atoms with van der Waals surface area (Å²) in [6.07, 6.45) is 0. The van der Waals surface area contributed by atoms with E-state index in [0.717, 1.165) is 5.56 Å². The normalized spacial score (nSPS) is 10.0. The zero-order valence-corrected chi connectivity index (χ0v) is 8.52. The third-order valence-electron chi connectivity index (χ3n) is 2.24. The summed E-state index contributed by atoms with van der Waals surface area (Å²) in [5, 5.41) is 0.680. The molecule has 2 rings (SSSR count). The van der Waals surface area contributed by atoms with Crippen LogP contribution in [0, 0.1) is 6.92 Å². The number of nitrogens with zero attached hydrogens (tertiary/aromatic N) is 1. The van der Waals surface area contributed by atoms with Crippen LogP contribution < -0.4 is 5.12 Å². The Morgan fingerprint density at radius 2 is 1.33 bits per heavy atom. The second-order valence-corrected chi connectivity index (χ2v) is 3.45. The lowest BCUT2D eigenvalue weighted by molar-refractivity contribution is 0.505. The van der Waals surface area contributed by atoms with E-state index in [2.05, 4.69) is 0 Å². The van der Waals surface area contributed by atoms with Crippen LogP contribution in [-0.4, -0.2) is 0 Å². The SMILES string of the molecule is Cc1ccc(N(F)c2ccccc2)cc1. The highest BCUT2D eigenvalue weighted by molar-refractivity contribution is 5.60. The van der Waals surface area contributed by atoms with Crippen LogP contribution in [0.1, 0.15) is 5.56 Å². The Balaban J connectivity index is 2.29. The second kappa shape index (κ2) is 4.13. The van der Waals surface area contributed by atoms with E-state index in [0.29, 0.717) is 16.5 Å². The predicted octanol–water partition coefficient (Wildman–Crippen LogP) is 4.02. The summed E-state index contributed by atoms with van der Waals surface area (Å²) < 4.78 is 13.8. The van der Waals surface area contributed by atoms with E-state index in [4.69, 9.17) is 0 Å². The number of benzene rings is 2. The number of para-hydroxylation sites is 1. The van der Waals surface area contributed by atoms with E-state index < -0.39 is 0 Å². The minimum absolute atomic E-state index is 0.543. The molecular weight excluding hydrogens is 189 g/mol. The van der Waals surface area contributed by atoms with Crippen LogP contribution in [0.3, 0.4) is 0 Å². The van der Waals surface area contributed by atoms with E-state index in [1.165, 1.54) is 0 Å². The molecule has 0 aromatic heterocycles. The Bertz CT molecular complexity index is 422. The molecule has 0 fully saturated rings. The topological polar surface area (TPSA) is 3.24 Å². The highest BCUT2D eigenvalue weighted by atomic mass is 19.2. The van der Waals surface area contributed by atoms with Crippen molar-refractivity contribution < 1.29 is 4.48 Å². The number of rotatable bonds is 2. The highest BCUT2D eigenvalue weighted by Crippen LogP contribution is 2.25. The van der Waals surface area contributed by atoms with Crippen molar-refractivity contribution in [1.29, 1.82) is 0 Å². The molecule has 0 aliphatic heterocycles. The van der Waals surface area contributed by atoms with Crippen LogP contribution in [0.5, 0.6) is 0 Å². The zero-order chi connectivity index (χ0) is 10.7. The molecule has 0 heterocycles. The van der Waals surface area contributed by atoms with Crippen molar-refractivity contribution in [1.82, 2.24) is 0 Å². The molecule has 0 amide bonds. The lowest BCUT2D eigenvalue weighted by Gasteiger charge is -2.13. The van der Waals surface area contributed by atoms with Crippen molar-refractivity contribution in [3.8, 4) is 0 Å². The fraction of sp³-hybridized carbons (Fsp3) is 0.0769. The summed E-state index contributed by atoms with van der Waals surface area (Å²) in [5.41, 5.74) is 2.22. The summed E-state index contributed by atoms with van der Waals surface area (Å²) in [6.45, 7) is 1.98. The van der Waals surface area contributed by atoms with E-state index in [1.54, 1.807) is 24.3 Å². The fourth-order valence-electron chi connectivity index (χ4n) is 1.38. The van der Waals surface area contributed by atoms with Gasteiger partial charge in [-0.15, -0.1) is 0 Å². The molecule has 0 spiro atoms. The Morgan fingerprint density at radius 1 is 0.800 bits per heavy atom. The van der Waals surface area contributed by atoms with Crippen LogP contribution in [0.2, 0.25) is 0 Å². The molecule has 2 aromatic rings. The summed E-state index contributed by atoms with van der Waals surface area (Å²) in [6, 6.07) is 16.3. The van der Waals surface area contributed by atoms with Gasteiger partial charge in [0, 0.05) is 0 Å². The molecule has 0 bridgehead atoms. The van der Waals surface area contributed by atoms with Gasteiger partial charge in [-0.2, -0.15) is 5.12 Å². The van der Waals surface area contributed by atoms with Crippen molar-refractivity contribution in [2.45, 2.75) is 6.92 Å². The molecule has 2 heteroatoms. The van der Waals surface area contributed by atoms with E-state index in [9.17, 15) is 4.48 Å². The number of anilines is 2. The maximum absolute atomic E-state index is 13.8. The molecule has 0 unspecified atom stereocenters. The second-order valence-electron chi connectivity index (χ2n) is 3.45. The molecule has 76 valence electrons. The Kier molecular flexibility index (Phi) is 2.68. The van der Waals surface area contributed by atoms with Crippen LogP contribution in [0.25, 0.3) is 0 Å². The van der Waals surface area contributed by atoms with Gasteiger partial charge in [0.2, 0.25) is 0 Å². The van der Waals surface area contributed by atoms with E-state index in [-0.39, 0.29) is 0 Å². The van der Waals surface area contributed by atoms with Crippen molar-refractivity contribution in [2.24, 2.45) is 0 Å². The van der Waals surface area contributed by atoms with Crippen molar-refractivity contribution in [3.63, 3.8) is 0 Å². The monoisotopic (exact) mass is 201 g/mol. The van der Waals surface area contributed by atoms with Crippen LogP contribution in [-0.2, 0) is 0 Å². The first kappa shape index (κ1) is 9.71. The minimum atomic E-state index is 0.543. The average molecular weight is 201 g/mol. The van der Waals surface area contributed by atoms with E-state index in [1.807, 2.05) is 37.3 Å². The number of hydrogen-bond donors (Lipinski definition) is 0. The maximum atomic E-state index is 13.8. The van der Waals surface area contributed by atoms with Gasteiger partial charge in [-0.3, -0.25) is 0 Å². The quantitative estimate of drug-likeness (QED) is 0.663. The first-order chi connectivity index (χ1) is 7.27. The van der Waals surface area contributed by atoms with Crippen LogP contribution >= 0.6 is 0 Å². The summed E-state index contributed by atoms with van der Waals surface area (Å²) in [7, 11) is 0. The van der Waals surface area contributed by atoms with Crippen LogP contribution in [0.4, 0.5) is 15.9 Å². The van der Waals surface area contributed by atoms with Crippen molar-refractivity contribution in [3.05, 3.63) is 60.2 Å². The maximum Gasteiger partial charge on any atom is 0.0747 e. The van der Waals surface area contributed by atoms with Gasteiger partial charge in [0.05, 0.1) is 11.4 Å². The largest absolute Gasteiger partial charge is 0.180 e. The Hall–Kier alpha value is -1.83.